The van der Waals surface area contributed by atoms with E-state index in [9.17, 15) is 19.2 Å². The van der Waals surface area contributed by atoms with Gasteiger partial charge >= 0.3 is 5.97 Å². The van der Waals surface area contributed by atoms with E-state index in [0.29, 0.717) is 22.6 Å². The number of ether oxygens (including phenoxy) is 1. The minimum Gasteiger partial charge on any atom is -0.463 e. The lowest BCUT2D eigenvalue weighted by Gasteiger charge is -2.41. The van der Waals surface area contributed by atoms with Crippen molar-refractivity contribution in [2.75, 3.05) is 20.2 Å². The third-order valence-electron chi connectivity index (χ3n) is 9.14. The van der Waals surface area contributed by atoms with Crippen molar-refractivity contribution in [1.82, 2.24) is 15.1 Å². The van der Waals surface area contributed by atoms with Crippen LogP contribution >= 0.6 is 0 Å². The summed E-state index contributed by atoms with van der Waals surface area (Å²) in [6, 6.07) is 15.0. The second-order valence-electron chi connectivity index (χ2n) is 13.1. The Labute approximate surface area is 275 Å². The molecule has 3 unspecified atom stereocenters. The van der Waals surface area contributed by atoms with Crippen LogP contribution < -0.4 is 5.32 Å². The highest BCUT2D eigenvalue weighted by molar-refractivity contribution is 6.09. The van der Waals surface area contributed by atoms with E-state index in [1.807, 2.05) is 44.2 Å². The maximum atomic E-state index is 14.3. The number of piperidine rings is 1. The monoisotopic (exact) mass is 631 g/mol. The lowest BCUT2D eigenvalue weighted by Crippen LogP contribution is -2.58. The van der Waals surface area contributed by atoms with Crippen LogP contribution in [0.15, 0.2) is 66.2 Å². The Kier molecular flexibility index (Phi) is 13.7. The van der Waals surface area contributed by atoms with Crippen molar-refractivity contribution in [3.63, 3.8) is 0 Å². The number of carbonyl (C=O) groups excluding carboxylic acids is 4. The first kappa shape index (κ1) is 36.7. The fraction of sp³-hybridized carbons (Fsp3) is 0.526. The molecule has 0 spiro atoms. The molecule has 8 nitrogen and oxygen atoms in total. The maximum absolute atomic E-state index is 14.3. The van der Waals surface area contributed by atoms with Crippen LogP contribution in [-0.4, -0.2) is 77.7 Å². The van der Waals surface area contributed by atoms with E-state index >= 15 is 0 Å². The number of amides is 2. The van der Waals surface area contributed by atoms with Crippen molar-refractivity contribution < 1.29 is 23.9 Å². The smallest absolute Gasteiger partial charge is 0.333 e. The number of esters is 1. The number of likely N-dealkylation sites (N-methyl/N-ethyl adjacent to an activating group) is 1. The Balaban J connectivity index is 1.92. The predicted molar refractivity (Wildman–Crippen MR) is 182 cm³/mol. The van der Waals surface area contributed by atoms with Gasteiger partial charge in [0.2, 0.25) is 11.8 Å². The van der Waals surface area contributed by atoms with Gasteiger partial charge in [0.05, 0.1) is 18.7 Å². The largest absolute Gasteiger partial charge is 0.463 e. The molecule has 0 bridgehead atoms. The number of nitrogens with zero attached hydrogens (tertiary/aromatic N) is 2. The maximum Gasteiger partial charge on any atom is 0.333 e. The van der Waals surface area contributed by atoms with E-state index in [-0.39, 0.29) is 48.6 Å². The molecule has 1 aliphatic rings. The third-order valence-corrected chi connectivity index (χ3v) is 9.14. The van der Waals surface area contributed by atoms with Gasteiger partial charge in [-0.1, -0.05) is 94.8 Å². The summed E-state index contributed by atoms with van der Waals surface area (Å²) in [6.45, 7) is 15.0. The van der Waals surface area contributed by atoms with Gasteiger partial charge in [0.1, 0.15) is 6.04 Å². The van der Waals surface area contributed by atoms with Gasteiger partial charge in [0.25, 0.3) is 0 Å². The number of hydrogen-bond acceptors (Lipinski definition) is 6. The molecule has 8 heteroatoms. The van der Waals surface area contributed by atoms with E-state index in [4.69, 9.17) is 4.74 Å². The minimum absolute atomic E-state index is 0.00121. The molecule has 0 aromatic heterocycles. The fourth-order valence-corrected chi connectivity index (χ4v) is 6.07. The number of ketones is 1. The Hall–Kier alpha value is -3.78. The molecule has 0 aliphatic carbocycles. The highest BCUT2D eigenvalue weighted by atomic mass is 16.5. The molecule has 0 saturated carbocycles. The number of carbonyl (C=O) groups is 4. The molecule has 1 aliphatic heterocycles. The Bertz CT molecular complexity index is 1350. The van der Waals surface area contributed by atoms with E-state index in [1.54, 1.807) is 56.1 Å². The highest BCUT2D eigenvalue weighted by Gasteiger charge is 2.36. The first-order chi connectivity index (χ1) is 21.8. The van der Waals surface area contributed by atoms with Crippen LogP contribution in [0, 0.1) is 11.8 Å². The first-order valence-electron chi connectivity index (χ1n) is 16.7. The number of benzene rings is 2. The molecule has 4 atom stereocenters. The zero-order valence-electron chi connectivity index (χ0n) is 28.9. The normalized spacial score (nSPS) is 17.7. The van der Waals surface area contributed by atoms with E-state index < -0.39 is 18.1 Å². The fourth-order valence-electron chi connectivity index (χ4n) is 6.07. The van der Waals surface area contributed by atoms with E-state index in [2.05, 4.69) is 31.0 Å². The Morgan fingerprint density at radius 1 is 0.935 bits per heavy atom. The third kappa shape index (κ3) is 9.61. The van der Waals surface area contributed by atoms with Crippen LogP contribution in [0.4, 0.5) is 0 Å². The summed E-state index contributed by atoms with van der Waals surface area (Å²) in [5.74, 6) is -0.500. The summed E-state index contributed by atoms with van der Waals surface area (Å²) in [7, 11) is 1.72. The Morgan fingerprint density at radius 3 is 2.15 bits per heavy atom. The Morgan fingerprint density at radius 2 is 1.57 bits per heavy atom. The number of hydrogen-bond donors (Lipinski definition) is 1. The van der Waals surface area contributed by atoms with Crippen molar-refractivity contribution in [1.29, 1.82) is 0 Å². The summed E-state index contributed by atoms with van der Waals surface area (Å²) in [6.07, 6.45) is 4.78. The van der Waals surface area contributed by atoms with Gasteiger partial charge in [-0.05, 0) is 57.6 Å². The summed E-state index contributed by atoms with van der Waals surface area (Å²) < 4.78 is 5.18. The number of rotatable bonds is 14. The molecule has 46 heavy (non-hydrogen) atoms. The first-order valence-corrected chi connectivity index (χ1v) is 16.7. The quantitative estimate of drug-likeness (QED) is 0.160. The van der Waals surface area contributed by atoms with Crippen LogP contribution in [-0.2, 0) is 25.5 Å². The summed E-state index contributed by atoms with van der Waals surface area (Å²) in [5, 5.41) is 3.14. The van der Waals surface area contributed by atoms with Crippen LogP contribution in [0.5, 0.6) is 0 Å². The average Bonchev–Trinajstić information content (AvgIpc) is 3.06. The second-order valence-corrected chi connectivity index (χ2v) is 13.1. The van der Waals surface area contributed by atoms with Gasteiger partial charge in [0, 0.05) is 36.2 Å². The van der Waals surface area contributed by atoms with E-state index in [0.717, 1.165) is 31.4 Å². The predicted octanol–water partition coefficient (Wildman–Crippen LogP) is 5.84. The van der Waals surface area contributed by atoms with Crippen LogP contribution in [0.2, 0.25) is 0 Å². The number of nitrogens with one attached hydrogen (secondary N) is 1. The van der Waals surface area contributed by atoms with Crippen LogP contribution in [0.25, 0.3) is 0 Å². The minimum atomic E-state index is -0.844. The van der Waals surface area contributed by atoms with Gasteiger partial charge < -0.3 is 15.0 Å². The molecule has 1 N–H and O–H groups in total. The summed E-state index contributed by atoms with van der Waals surface area (Å²) in [4.78, 5) is 57.5. The van der Waals surface area contributed by atoms with E-state index in [1.165, 1.54) is 0 Å². The van der Waals surface area contributed by atoms with Gasteiger partial charge in [-0.15, -0.1) is 0 Å². The van der Waals surface area contributed by atoms with Crippen molar-refractivity contribution in [2.24, 2.45) is 11.8 Å². The standard InChI is InChI=1S/C38H53N3O5/c1-9-46-38(45)27(6)23-34(26(4)5)40(8)37(44)32(39-36(43)33-17-13-14-22-41(33)28(7)25(2)3)24-29-18-20-31(21-19-29)35(42)30-15-11-10-12-16-30/h10-12,15-16,18-21,23,25-26,28,32-34H,9,13-14,17,22,24H2,1-8H3,(H,39,43)/b27-23+/t28?,32?,33?,34-/m1/s1. The molecular formula is C38H53N3O5. The van der Waals surface area contributed by atoms with Gasteiger partial charge in [-0.3, -0.25) is 19.3 Å². The SMILES string of the molecule is CCOC(=O)/C(C)=C/[C@H](C(C)C)N(C)C(=O)C(Cc1ccc(C(=O)c2ccccc2)cc1)NC(=O)C1CCCCN1C(C)C(C)C. The van der Waals surface area contributed by atoms with Crippen LogP contribution in [0.1, 0.15) is 89.2 Å². The lowest BCUT2D eigenvalue weighted by molar-refractivity contribution is -0.139. The summed E-state index contributed by atoms with van der Waals surface area (Å²) >= 11 is 0. The summed E-state index contributed by atoms with van der Waals surface area (Å²) in [5.41, 5.74) is 2.42. The lowest BCUT2D eigenvalue weighted by atomic mass is 9.94. The van der Waals surface area contributed by atoms with Gasteiger partial charge in [-0.25, -0.2) is 4.79 Å². The molecule has 3 rings (SSSR count). The molecule has 1 fully saturated rings. The molecular weight excluding hydrogens is 578 g/mol. The molecule has 0 radical (unpaired) electrons. The van der Waals surface area contributed by atoms with Crippen molar-refractivity contribution >= 4 is 23.6 Å². The molecule has 1 heterocycles. The van der Waals surface area contributed by atoms with Crippen molar-refractivity contribution in [2.45, 2.75) is 98.3 Å². The van der Waals surface area contributed by atoms with Gasteiger partial charge in [0.15, 0.2) is 5.78 Å². The molecule has 2 amide bonds. The van der Waals surface area contributed by atoms with Crippen molar-refractivity contribution in [3.8, 4) is 0 Å². The second kappa shape index (κ2) is 17.2. The zero-order valence-corrected chi connectivity index (χ0v) is 28.9. The van der Waals surface area contributed by atoms with Crippen molar-refractivity contribution in [3.05, 3.63) is 82.9 Å². The van der Waals surface area contributed by atoms with Crippen LogP contribution in [0.3, 0.4) is 0 Å². The molecule has 1 saturated heterocycles. The average molecular weight is 632 g/mol. The molecule has 250 valence electrons. The van der Waals surface area contributed by atoms with Gasteiger partial charge in [-0.2, -0.15) is 0 Å². The number of likely N-dealkylation sites (tertiary alicyclic amines) is 1. The highest BCUT2D eigenvalue weighted by Crippen LogP contribution is 2.24. The topological polar surface area (TPSA) is 96.0 Å². The zero-order chi connectivity index (χ0) is 34.0. The molecule has 2 aromatic carbocycles. The molecule has 2 aromatic rings.